The van der Waals surface area contributed by atoms with Crippen LogP contribution >= 0.6 is 0 Å². The molecule has 1 saturated carbocycles. The second-order valence-corrected chi connectivity index (χ2v) is 9.96. The lowest BCUT2D eigenvalue weighted by Gasteiger charge is -2.32. The van der Waals surface area contributed by atoms with Crippen molar-refractivity contribution in [3.8, 4) is 0 Å². The lowest BCUT2D eigenvalue weighted by molar-refractivity contribution is 0.0994. The number of Topliss-reactive ketones (excluding diaryl/α,β-unsaturated/α-hetero) is 1. The van der Waals surface area contributed by atoms with Crippen LogP contribution in [0.1, 0.15) is 60.0 Å². The average Bonchev–Trinajstić information content (AvgIpc) is 3.25. The van der Waals surface area contributed by atoms with E-state index in [1.165, 1.54) is 12.1 Å². The minimum atomic E-state index is -0.885. The van der Waals surface area contributed by atoms with Gasteiger partial charge in [-0.25, -0.2) is 8.78 Å². The normalized spacial score (nSPS) is 25.1. The molecule has 1 aromatic carbocycles. The van der Waals surface area contributed by atoms with Crippen LogP contribution < -0.4 is 10.6 Å². The van der Waals surface area contributed by atoms with E-state index in [4.69, 9.17) is 5.73 Å². The molecule has 3 heterocycles. The van der Waals surface area contributed by atoms with Gasteiger partial charge in [-0.3, -0.25) is 14.8 Å². The molecular weight excluding hydrogens is 434 g/mol. The van der Waals surface area contributed by atoms with E-state index in [0.717, 1.165) is 30.4 Å². The number of hydrogen-bond acceptors (Lipinski definition) is 5. The van der Waals surface area contributed by atoms with Gasteiger partial charge in [-0.1, -0.05) is 6.92 Å². The van der Waals surface area contributed by atoms with Crippen molar-refractivity contribution in [1.82, 2.24) is 9.97 Å². The van der Waals surface area contributed by atoms with Crippen molar-refractivity contribution >= 4 is 22.4 Å². The number of pyridine rings is 2. The predicted molar refractivity (Wildman–Crippen MR) is 129 cm³/mol. The van der Waals surface area contributed by atoms with Crippen LogP contribution in [0.15, 0.2) is 42.9 Å². The summed E-state index contributed by atoms with van der Waals surface area (Å²) in [7, 11) is 0. The second kappa shape index (κ2) is 9.37. The Morgan fingerprint density at radius 3 is 2.82 bits per heavy atom. The van der Waals surface area contributed by atoms with Gasteiger partial charge in [0, 0.05) is 48.9 Å². The molecule has 34 heavy (non-hydrogen) atoms. The highest BCUT2D eigenvalue weighted by Gasteiger charge is 2.28. The zero-order valence-electron chi connectivity index (χ0n) is 19.4. The minimum Gasteiger partial charge on any atom is -0.367 e. The van der Waals surface area contributed by atoms with Crippen LogP contribution in [0.4, 0.5) is 14.5 Å². The molecule has 0 unspecified atom stereocenters. The van der Waals surface area contributed by atoms with Crippen LogP contribution in [0, 0.1) is 11.7 Å². The second-order valence-electron chi connectivity index (χ2n) is 9.96. The number of carbonyl (C=O) groups excluding carboxylic acids is 1. The molecule has 3 aromatic rings. The van der Waals surface area contributed by atoms with Gasteiger partial charge in [0.2, 0.25) is 0 Å². The maximum Gasteiger partial charge on any atom is 0.169 e. The van der Waals surface area contributed by atoms with E-state index in [2.05, 4.69) is 16.9 Å². The summed E-state index contributed by atoms with van der Waals surface area (Å²) in [6, 6.07) is 6.66. The zero-order chi connectivity index (χ0) is 23.8. The number of fused-ring (bicyclic) bond motifs is 1. The van der Waals surface area contributed by atoms with Gasteiger partial charge in [0.25, 0.3) is 0 Å². The molecule has 0 amide bonds. The van der Waals surface area contributed by atoms with Crippen LogP contribution in [0.5, 0.6) is 0 Å². The highest BCUT2D eigenvalue weighted by molar-refractivity contribution is 6.08. The molecule has 1 saturated heterocycles. The Morgan fingerprint density at radius 1 is 1.21 bits per heavy atom. The third kappa shape index (κ3) is 4.53. The molecule has 7 heteroatoms. The van der Waals surface area contributed by atoms with Crippen molar-refractivity contribution in [2.24, 2.45) is 11.7 Å². The number of ketones is 1. The Morgan fingerprint density at radius 2 is 2.06 bits per heavy atom. The standard InChI is InChI=1S/C27H30F2N4O/c1-16-8-17(10-20(30)9-16)22-4-6-31-13-18(22)11-26(34)23-2-3-25(29)24-12-21(14-32-27(23)24)33-7-5-19(28)15-33/h2-4,6,12-14,16-17,19-20H,5,7-11,15,30H2,1H3/t16-,17+,19-,20-/m0/s1. The Labute approximate surface area is 198 Å². The molecule has 1 aliphatic heterocycles. The maximum atomic E-state index is 14.7. The molecule has 2 fully saturated rings. The fraction of sp³-hybridized carbons (Fsp3) is 0.444. The fourth-order valence-corrected chi connectivity index (χ4v) is 5.69. The lowest BCUT2D eigenvalue weighted by Crippen LogP contribution is -2.31. The quantitative estimate of drug-likeness (QED) is 0.540. The minimum absolute atomic E-state index is 0.127. The number of hydrogen-bond donors (Lipinski definition) is 1. The summed E-state index contributed by atoms with van der Waals surface area (Å²) in [6.07, 6.45) is 7.84. The molecular formula is C27H30F2N4O. The zero-order valence-corrected chi connectivity index (χ0v) is 19.4. The third-order valence-corrected chi connectivity index (χ3v) is 7.29. The van der Waals surface area contributed by atoms with Gasteiger partial charge in [-0.15, -0.1) is 0 Å². The number of anilines is 1. The number of benzene rings is 1. The number of rotatable bonds is 5. The summed E-state index contributed by atoms with van der Waals surface area (Å²) >= 11 is 0. The highest BCUT2D eigenvalue weighted by Crippen LogP contribution is 2.37. The lowest BCUT2D eigenvalue weighted by atomic mass is 9.75. The van der Waals surface area contributed by atoms with Crippen LogP contribution in [0.3, 0.4) is 0 Å². The van der Waals surface area contributed by atoms with Crippen molar-refractivity contribution < 1.29 is 13.6 Å². The smallest absolute Gasteiger partial charge is 0.169 e. The Kier molecular flexibility index (Phi) is 6.30. The molecule has 0 spiro atoms. The van der Waals surface area contributed by atoms with E-state index in [-0.39, 0.29) is 30.2 Å². The van der Waals surface area contributed by atoms with Crippen LogP contribution in [0.2, 0.25) is 0 Å². The Bertz CT molecular complexity index is 1210. The van der Waals surface area contributed by atoms with E-state index >= 15 is 0 Å². The number of aromatic nitrogens is 2. The summed E-state index contributed by atoms with van der Waals surface area (Å²) in [4.78, 5) is 24.0. The number of alkyl halides is 1. The van der Waals surface area contributed by atoms with Gasteiger partial charge < -0.3 is 10.6 Å². The van der Waals surface area contributed by atoms with Crippen molar-refractivity contribution in [1.29, 1.82) is 0 Å². The molecule has 2 N–H and O–H groups in total. The SMILES string of the molecule is C[C@@H]1C[C@H](N)C[C@H](c2ccncc2CC(=O)c2ccc(F)c3cc(N4CC[C@H](F)C4)cnc23)C1. The first kappa shape index (κ1) is 22.8. The van der Waals surface area contributed by atoms with Gasteiger partial charge in [-0.2, -0.15) is 0 Å². The van der Waals surface area contributed by atoms with E-state index < -0.39 is 12.0 Å². The topological polar surface area (TPSA) is 72.1 Å². The van der Waals surface area contributed by atoms with E-state index in [9.17, 15) is 13.6 Å². The monoisotopic (exact) mass is 464 g/mol. The predicted octanol–water partition coefficient (Wildman–Crippen LogP) is 4.97. The highest BCUT2D eigenvalue weighted by atomic mass is 19.1. The Balaban J connectivity index is 1.44. The van der Waals surface area contributed by atoms with Crippen molar-refractivity contribution in [2.75, 3.05) is 18.0 Å². The molecule has 4 atom stereocenters. The van der Waals surface area contributed by atoms with E-state index in [1.807, 2.05) is 11.0 Å². The number of halogens is 2. The van der Waals surface area contributed by atoms with Gasteiger partial charge in [0.15, 0.2) is 5.78 Å². The summed E-state index contributed by atoms with van der Waals surface area (Å²) < 4.78 is 28.4. The molecule has 2 aliphatic rings. The van der Waals surface area contributed by atoms with Crippen LogP contribution in [0.25, 0.3) is 10.9 Å². The summed E-state index contributed by atoms with van der Waals surface area (Å²) in [6.45, 7) is 3.07. The molecule has 1 aliphatic carbocycles. The first-order chi connectivity index (χ1) is 16.4. The number of nitrogens with zero attached hydrogens (tertiary/aromatic N) is 3. The molecule has 5 rings (SSSR count). The van der Waals surface area contributed by atoms with Crippen LogP contribution in [-0.2, 0) is 6.42 Å². The molecule has 0 bridgehead atoms. The summed E-state index contributed by atoms with van der Waals surface area (Å²) in [5.74, 6) is 0.268. The van der Waals surface area contributed by atoms with Crippen LogP contribution in [-0.4, -0.2) is 41.1 Å². The number of carbonyl (C=O) groups is 1. The van der Waals surface area contributed by atoms with E-state index in [0.29, 0.717) is 41.6 Å². The first-order valence-electron chi connectivity index (χ1n) is 12.1. The Hall–Kier alpha value is -2.93. The third-order valence-electron chi connectivity index (χ3n) is 7.29. The fourth-order valence-electron chi connectivity index (χ4n) is 5.69. The van der Waals surface area contributed by atoms with Gasteiger partial charge in [0.1, 0.15) is 12.0 Å². The van der Waals surface area contributed by atoms with E-state index in [1.54, 1.807) is 24.7 Å². The molecule has 5 nitrogen and oxygen atoms in total. The van der Waals surface area contributed by atoms with Crippen molar-refractivity contribution in [2.45, 2.75) is 57.2 Å². The molecule has 2 aromatic heterocycles. The first-order valence-corrected chi connectivity index (χ1v) is 12.1. The summed E-state index contributed by atoms with van der Waals surface area (Å²) in [5, 5.41) is 0.282. The van der Waals surface area contributed by atoms with Gasteiger partial charge in [-0.05, 0) is 72.9 Å². The molecule has 178 valence electrons. The van der Waals surface area contributed by atoms with Crippen molar-refractivity contribution in [3.63, 3.8) is 0 Å². The molecule has 0 radical (unpaired) electrons. The maximum absolute atomic E-state index is 14.7. The van der Waals surface area contributed by atoms with Gasteiger partial charge in [0.05, 0.1) is 17.4 Å². The van der Waals surface area contributed by atoms with Gasteiger partial charge >= 0.3 is 0 Å². The largest absolute Gasteiger partial charge is 0.367 e. The summed E-state index contributed by atoms with van der Waals surface area (Å²) in [5.41, 5.74) is 9.70. The number of nitrogens with two attached hydrogens (primary N) is 1. The van der Waals surface area contributed by atoms with Crippen molar-refractivity contribution in [3.05, 3.63) is 65.4 Å². The average molecular weight is 465 g/mol.